The molecule has 94 valence electrons. The quantitative estimate of drug-likeness (QED) is 0.867. The van der Waals surface area contributed by atoms with Crippen LogP contribution in [0.2, 0.25) is 5.02 Å². The van der Waals surface area contributed by atoms with Gasteiger partial charge in [-0.05, 0) is 23.3 Å². The lowest BCUT2D eigenvalue weighted by Crippen LogP contribution is -2.27. The Morgan fingerprint density at radius 1 is 0.944 bits per heavy atom. The van der Waals surface area contributed by atoms with E-state index in [0.717, 1.165) is 11.6 Å². The fraction of sp³-hybridized carbons (Fsp3) is 0.200. The predicted octanol–water partition coefficient (Wildman–Crippen LogP) is 2.98. The summed E-state index contributed by atoms with van der Waals surface area (Å²) in [6, 6.07) is 18.4. The van der Waals surface area contributed by atoms with Crippen LogP contribution >= 0.6 is 11.6 Å². The van der Waals surface area contributed by atoms with E-state index in [2.05, 4.69) is 17.4 Å². The van der Waals surface area contributed by atoms with Crippen molar-refractivity contribution in [2.45, 2.75) is 6.04 Å². The Kier molecular flexibility index (Phi) is 4.76. The second-order valence-electron chi connectivity index (χ2n) is 4.14. The lowest BCUT2D eigenvalue weighted by atomic mass is 9.99. The predicted molar refractivity (Wildman–Crippen MR) is 76.8 cm³/mol. The zero-order valence-electron chi connectivity index (χ0n) is 10.1. The molecule has 2 aromatic rings. The number of benzene rings is 2. The minimum Gasteiger partial charge on any atom is -0.329 e. The molecule has 0 bridgehead atoms. The Labute approximate surface area is 113 Å². The highest BCUT2D eigenvalue weighted by Gasteiger charge is 2.12. The van der Waals surface area contributed by atoms with Crippen molar-refractivity contribution < 1.29 is 0 Å². The van der Waals surface area contributed by atoms with Gasteiger partial charge in [0, 0.05) is 18.1 Å². The van der Waals surface area contributed by atoms with Crippen molar-refractivity contribution in [2.75, 3.05) is 13.1 Å². The van der Waals surface area contributed by atoms with Gasteiger partial charge in [0.15, 0.2) is 0 Å². The van der Waals surface area contributed by atoms with E-state index in [1.807, 2.05) is 42.5 Å². The summed E-state index contributed by atoms with van der Waals surface area (Å²) >= 11 is 5.93. The summed E-state index contributed by atoms with van der Waals surface area (Å²) in [5.41, 5.74) is 8.00. The van der Waals surface area contributed by atoms with Crippen LogP contribution in [0.5, 0.6) is 0 Å². The van der Waals surface area contributed by atoms with E-state index in [1.54, 1.807) is 0 Å². The van der Waals surface area contributed by atoms with Gasteiger partial charge in [0.1, 0.15) is 0 Å². The maximum atomic E-state index is 5.93. The van der Waals surface area contributed by atoms with Crippen molar-refractivity contribution in [2.24, 2.45) is 5.73 Å². The van der Waals surface area contributed by atoms with Gasteiger partial charge in [0.2, 0.25) is 0 Å². The fourth-order valence-corrected chi connectivity index (χ4v) is 2.08. The first-order valence-corrected chi connectivity index (χ1v) is 6.43. The van der Waals surface area contributed by atoms with Gasteiger partial charge in [0.25, 0.3) is 0 Å². The number of hydrogen-bond acceptors (Lipinski definition) is 2. The van der Waals surface area contributed by atoms with Crippen molar-refractivity contribution in [3.8, 4) is 0 Å². The van der Waals surface area contributed by atoms with Crippen LogP contribution in [-0.2, 0) is 0 Å². The molecular formula is C15H17ClN2. The normalized spacial score (nSPS) is 12.3. The molecule has 3 N–H and O–H groups in total. The third-order valence-corrected chi connectivity index (χ3v) is 3.08. The van der Waals surface area contributed by atoms with Crippen molar-refractivity contribution >= 4 is 11.6 Å². The second kappa shape index (κ2) is 6.55. The molecule has 0 spiro atoms. The van der Waals surface area contributed by atoms with E-state index < -0.39 is 0 Å². The van der Waals surface area contributed by atoms with Crippen LogP contribution in [0.1, 0.15) is 17.2 Å². The molecule has 0 fully saturated rings. The minimum atomic E-state index is 0.159. The van der Waals surface area contributed by atoms with Crippen LogP contribution in [0, 0.1) is 0 Å². The summed E-state index contributed by atoms with van der Waals surface area (Å²) in [5.74, 6) is 0. The Bertz CT molecular complexity index is 468. The number of halogens is 1. The molecule has 0 unspecified atom stereocenters. The summed E-state index contributed by atoms with van der Waals surface area (Å²) < 4.78 is 0. The molecule has 0 saturated carbocycles. The largest absolute Gasteiger partial charge is 0.329 e. The lowest BCUT2D eigenvalue weighted by molar-refractivity contribution is 0.612. The Morgan fingerprint density at radius 2 is 1.56 bits per heavy atom. The average Bonchev–Trinajstić information content (AvgIpc) is 2.42. The number of rotatable bonds is 5. The van der Waals surface area contributed by atoms with Crippen molar-refractivity contribution in [3.63, 3.8) is 0 Å². The SMILES string of the molecule is NCCN[C@H](c1ccccc1)c1ccc(Cl)cc1. The van der Waals surface area contributed by atoms with Gasteiger partial charge in [-0.3, -0.25) is 0 Å². The van der Waals surface area contributed by atoms with Crippen LogP contribution in [0.3, 0.4) is 0 Å². The van der Waals surface area contributed by atoms with Gasteiger partial charge in [-0.15, -0.1) is 0 Å². The molecule has 0 heterocycles. The molecule has 2 rings (SSSR count). The maximum Gasteiger partial charge on any atom is 0.0577 e. The van der Waals surface area contributed by atoms with Gasteiger partial charge in [-0.25, -0.2) is 0 Å². The molecule has 1 atom stereocenters. The molecule has 18 heavy (non-hydrogen) atoms. The summed E-state index contributed by atoms with van der Waals surface area (Å²) in [4.78, 5) is 0. The van der Waals surface area contributed by atoms with Gasteiger partial charge < -0.3 is 11.1 Å². The molecule has 0 aliphatic carbocycles. The summed E-state index contributed by atoms with van der Waals surface area (Å²) in [6.45, 7) is 1.40. The first-order valence-electron chi connectivity index (χ1n) is 6.05. The smallest absolute Gasteiger partial charge is 0.0577 e. The fourth-order valence-electron chi connectivity index (χ4n) is 1.96. The molecular weight excluding hydrogens is 244 g/mol. The Hall–Kier alpha value is -1.35. The summed E-state index contributed by atoms with van der Waals surface area (Å²) in [5, 5.41) is 4.21. The van der Waals surface area contributed by atoms with Crippen LogP contribution in [-0.4, -0.2) is 13.1 Å². The van der Waals surface area contributed by atoms with Crippen molar-refractivity contribution in [3.05, 3.63) is 70.7 Å². The van der Waals surface area contributed by atoms with E-state index in [4.69, 9.17) is 17.3 Å². The van der Waals surface area contributed by atoms with Crippen LogP contribution in [0.15, 0.2) is 54.6 Å². The number of nitrogens with two attached hydrogens (primary N) is 1. The first-order chi connectivity index (χ1) is 8.81. The molecule has 0 radical (unpaired) electrons. The molecule has 0 aromatic heterocycles. The number of nitrogens with one attached hydrogen (secondary N) is 1. The lowest BCUT2D eigenvalue weighted by Gasteiger charge is -2.19. The Morgan fingerprint density at radius 3 is 2.17 bits per heavy atom. The molecule has 0 saturated heterocycles. The van der Waals surface area contributed by atoms with Gasteiger partial charge in [-0.1, -0.05) is 54.1 Å². The highest BCUT2D eigenvalue weighted by molar-refractivity contribution is 6.30. The molecule has 3 heteroatoms. The molecule has 0 aliphatic heterocycles. The topological polar surface area (TPSA) is 38.0 Å². The monoisotopic (exact) mass is 260 g/mol. The zero-order chi connectivity index (χ0) is 12.8. The van der Waals surface area contributed by atoms with E-state index in [1.165, 1.54) is 11.1 Å². The molecule has 2 nitrogen and oxygen atoms in total. The van der Waals surface area contributed by atoms with E-state index in [0.29, 0.717) is 6.54 Å². The van der Waals surface area contributed by atoms with E-state index in [9.17, 15) is 0 Å². The van der Waals surface area contributed by atoms with Crippen LogP contribution < -0.4 is 11.1 Å². The standard InChI is InChI=1S/C15H17ClN2/c16-14-8-6-13(7-9-14)15(18-11-10-17)12-4-2-1-3-5-12/h1-9,15,18H,10-11,17H2/t15-/m1/s1. The van der Waals surface area contributed by atoms with E-state index in [-0.39, 0.29) is 6.04 Å². The second-order valence-corrected chi connectivity index (χ2v) is 4.57. The number of hydrogen-bond donors (Lipinski definition) is 2. The molecule has 2 aromatic carbocycles. The third-order valence-electron chi connectivity index (χ3n) is 2.83. The molecule has 0 aliphatic rings. The summed E-state index contributed by atoms with van der Waals surface area (Å²) in [7, 11) is 0. The van der Waals surface area contributed by atoms with Crippen LogP contribution in [0.25, 0.3) is 0 Å². The van der Waals surface area contributed by atoms with Crippen LogP contribution in [0.4, 0.5) is 0 Å². The highest BCUT2D eigenvalue weighted by atomic mass is 35.5. The zero-order valence-corrected chi connectivity index (χ0v) is 10.9. The Balaban J connectivity index is 2.27. The maximum absolute atomic E-state index is 5.93. The minimum absolute atomic E-state index is 0.159. The summed E-state index contributed by atoms with van der Waals surface area (Å²) in [6.07, 6.45) is 0. The van der Waals surface area contributed by atoms with Crippen molar-refractivity contribution in [1.29, 1.82) is 0 Å². The van der Waals surface area contributed by atoms with E-state index >= 15 is 0 Å². The first kappa shape index (κ1) is 13.1. The third kappa shape index (κ3) is 3.33. The van der Waals surface area contributed by atoms with Gasteiger partial charge in [-0.2, -0.15) is 0 Å². The van der Waals surface area contributed by atoms with Crippen molar-refractivity contribution in [1.82, 2.24) is 5.32 Å². The van der Waals surface area contributed by atoms with Gasteiger partial charge >= 0.3 is 0 Å². The highest BCUT2D eigenvalue weighted by Crippen LogP contribution is 2.23. The average molecular weight is 261 g/mol. The van der Waals surface area contributed by atoms with Gasteiger partial charge in [0.05, 0.1) is 6.04 Å². The molecule has 0 amide bonds.